The van der Waals surface area contributed by atoms with Gasteiger partial charge in [-0.1, -0.05) is 145 Å². The Hall–Kier alpha value is 1.13. The number of methoxy groups -OCH3 is 2. The molecular weight excluding hydrogens is 1010 g/mol. The average Bonchev–Trinajstić information content (AvgIpc) is 3.99. The summed E-state index contributed by atoms with van der Waals surface area (Å²) < 4.78 is 9.70. The molecule has 360 valence electrons. The standard InChI is InChI=1S/C24H24O6P3.3C10H15.3Fe/c1-9-10(2)18(16(26)20-12(4)14(6)22(33-20)24(28)30-8)31-17(9)15(25)19-11(3)13(5)21(32-19)23(27)29-7;3*1-6-7(2)9(4)10(5)8(6)3;;;/h1-8H3;3*1-5H3;;;. The average molecular weight is 1070 g/mol. The summed E-state index contributed by atoms with van der Waals surface area (Å²) in [6, 6.07) is 0. The minimum Gasteiger partial charge on any atom is -0.468 e. The van der Waals surface area contributed by atoms with E-state index in [9.17, 15) is 19.2 Å². The molecular formula is C54H69Fe3O6P3. The fraction of sp³-hybridized carbons (Fsp3) is 0.426. The van der Waals surface area contributed by atoms with E-state index in [-0.39, 0.29) is 62.8 Å². The van der Waals surface area contributed by atoms with Crippen LogP contribution in [0.15, 0.2) is 0 Å². The van der Waals surface area contributed by atoms with E-state index in [0.29, 0.717) is 59.7 Å². The summed E-state index contributed by atoms with van der Waals surface area (Å²) in [5.41, 5.74) is 3.10. The molecule has 0 bridgehead atoms. The first-order chi connectivity index (χ1) is 29.1. The van der Waals surface area contributed by atoms with Crippen LogP contribution in [0.4, 0.5) is 0 Å². The van der Waals surface area contributed by atoms with Gasteiger partial charge in [-0.3, -0.25) is 19.2 Å². The molecule has 0 amide bonds. The van der Waals surface area contributed by atoms with Crippen molar-refractivity contribution >= 4 is 49.2 Å². The van der Waals surface area contributed by atoms with Crippen LogP contribution in [0, 0.1) is 158 Å². The fourth-order valence-corrected chi connectivity index (χ4v) is 11.9. The van der Waals surface area contributed by atoms with E-state index in [0.717, 1.165) is 35.5 Å². The fourth-order valence-electron chi connectivity index (χ4n) is 7.82. The molecule has 0 aromatic heterocycles. The SMILES string of the molecule is COC(=O)[C]1[P][C](C(=O)[C]2[P][C](C(=O)[C]3[P][C](C(=O)OC)[C](C)[C]3C)[C](C)[C]2C)[C](C)[C]1C.C[C]1[C](C)[C](C)[C](C)[C]1C.C[C]1[C](C)[C](C)[C](C)[C]1C.C[C]1[C](C)[C](C)[C](C)[C]1C.[Fe].[Fe].[Fe]. The van der Waals surface area contributed by atoms with Crippen LogP contribution in [0.3, 0.4) is 0 Å². The van der Waals surface area contributed by atoms with E-state index in [1.54, 1.807) is 0 Å². The molecule has 3 saturated carbocycles. The summed E-state index contributed by atoms with van der Waals surface area (Å²) >= 11 is 0. The summed E-state index contributed by atoms with van der Waals surface area (Å²) in [7, 11) is 4.24. The van der Waals surface area contributed by atoms with E-state index in [1.807, 2.05) is 41.5 Å². The Kier molecular flexibility index (Phi) is 29.0. The Balaban J connectivity index is 0.00000104. The van der Waals surface area contributed by atoms with Crippen LogP contribution in [0.5, 0.6) is 0 Å². The smallest absolute Gasteiger partial charge is 0.318 e. The zero-order valence-corrected chi connectivity index (χ0v) is 49.3. The van der Waals surface area contributed by atoms with Crippen LogP contribution in [0.25, 0.3) is 0 Å². The Morgan fingerprint density at radius 1 is 0.242 bits per heavy atom. The van der Waals surface area contributed by atoms with Gasteiger partial charge in [-0.05, 0) is 115 Å². The van der Waals surface area contributed by atoms with Gasteiger partial charge in [0.05, 0.1) is 36.9 Å². The van der Waals surface area contributed by atoms with Crippen molar-refractivity contribution in [3.63, 3.8) is 0 Å². The molecule has 6 aliphatic rings. The summed E-state index contributed by atoms with van der Waals surface area (Å²) in [6.07, 6.45) is 0. The van der Waals surface area contributed by atoms with Crippen molar-refractivity contribution in [3.05, 3.63) is 158 Å². The number of ether oxygens (including phenoxy) is 2. The predicted octanol–water partition coefficient (Wildman–Crippen LogP) is 14.0. The maximum Gasteiger partial charge on any atom is 0.318 e. The Bertz CT molecular complexity index is 1270. The van der Waals surface area contributed by atoms with E-state index in [2.05, 4.69) is 104 Å². The normalized spacial score (nSPS) is 26.8. The first-order valence-electron chi connectivity index (χ1n) is 21.4. The monoisotopic (exact) mass is 1070 g/mol. The maximum atomic E-state index is 13.5. The van der Waals surface area contributed by atoms with Crippen molar-refractivity contribution in [3.8, 4) is 0 Å². The topological polar surface area (TPSA) is 86.7 Å². The molecule has 0 N–H and O–H groups in total. The Morgan fingerprint density at radius 3 is 0.500 bits per heavy atom. The zero-order valence-electron chi connectivity index (χ0n) is 43.4. The number of hydrogen-bond donors (Lipinski definition) is 0. The molecule has 0 aromatic rings. The van der Waals surface area contributed by atoms with Crippen molar-refractivity contribution < 1.29 is 79.9 Å². The van der Waals surface area contributed by atoms with Crippen LogP contribution in [0.1, 0.15) is 145 Å². The number of Topliss-reactive ketones (excluding diaryl/α,β-unsaturated/α-hetero) is 2. The van der Waals surface area contributed by atoms with Crippen LogP contribution < -0.4 is 0 Å². The summed E-state index contributed by atoms with van der Waals surface area (Å²) in [5, 5.41) is 0. The summed E-state index contributed by atoms with van der Waals surface area (Å²) in [4.78, 5) is 51.1. The molecule has 30 radical (unpaired) electrons. The number of rotatable bonds is 6. The summed E-state index contributed by atoms with van der Waals surface area (Å²) in [5.74, 6) is 25.4. The molecule has 6 rings (SSSR count). The zero-order chi connectivity index (χ0) is 48.4. The van der Waals surface area contributed by atoms with Gasteiger partial charge in [0, 0.05) is 86.7 Å². The predicted molar refractivity (Wildman–Crippen MR) is 262 cm³/mol. The molecule has 3 aliphatic heterocycles. The molecule has 3 heterocycles. The van der Waals surface area contributed by atoms with Crippen LogP contribution in [-0.4, -0.2) is 37.7 Å². The van der Waals surface area contributed by atoms with Gasteiger partial charge in [0.2, 0.25) is 0 Å². The van der Waals surface area contributed by atoms with Crippen LogP contribution in [0.2, 0.25) is 0 Å². The molecule has 66 heavy (non-hydrogen) atoms. The second-order valence-corrected chi connectivity index (χ2v) is 20.5. The number of carbonyl (C=O) groups excluding carboxylic acids is 4. The van der Waals surface area contributed by atoms with Crippen molar-refractivity contribution in [1.82, 2.24) is 0 Å². The van der Waals surface area contributed by atoms with Gasteiger partial charge in [0.15, 0.2) is 11.6 Å². The Labute approximate surface area is 443 Å². The third-order valence-corrected chi connectivity index (χ3v) is 19.1. The largest absolute Gasteiger partial charge is 0.468 e. The third kappa shape index (κ3) is 14.2. The molecule has 0 atom stereocenters. The Morgan fingerprint density at radius 2 is 0.364 bits per heavy atom. The second-order valence-electron chi connectivity index (χ2n) is 17.2. The van der Waals surface area contributed by atoms with Gasteiger partial charge in [-0.25, -0.2) is 0 Å². The van der Waals surface area contributed by atoms with Gasteiger partial charge >= 0.3 is 11.9 Å². The molecule has 12 heteroatoms. The quantitative estimate of drug-likeness (QED) is 0.150. The number of hydrogen-bond acceptors (Lipinski definition) is 6. The first-order valence-corrected chi connectivity index (χ1v) is 24.1. The summed E-state index contributed by atoms with van der Waals surface area (Å²) in [6.45, 7) is 43.9. The van der Waals surface area contributed by atoms with E-state index in [1.165, 1.54) is 103 Å². The molecule has 3 aliphatic carbocycles. The maximum absolute atomic E-state index is 13.5. The van der Waals surface area contributed by atoms with Crippen LogP contribution in [-0.2, 0) is 79.9 Å². The van der Waals surface area contributed by atoms with Crippen molar-refractivity contribution in [2.24, 2.45) is 0 Å². The van der Waals surface area contributed by atoms with E-state index in [4.69, 9.17) is 9.47 Å². The van der Waals surface area contributed by atoms with Crippen molar-refractivity contribution in [2.45, 2.75) is 145 Å². The second kappa shape index (κ2) is 28.5. The van der Waals surface area contributed by atoms with Crippen LogP contribution >= 0.6 is 25.7 Å². The van der Waals surface area contributed by atoms with Gasteiger partial charge in [-0.2, -0.15) is 0 Å². The third-order valence-electron chi connectivity index (χ3n) is 14.5. The minimum atomic E-state index is -0.442. The van der Waals surface area contributed by atoms with Gasteiger partial charge < -0.3 is 9.47 Å². The van der Waals surface area contributed by atoms with Gasteiger partial charge in [-0.15, -0.1) is 0 Å². The molecule has 0 spiro atoms. The number of carbonyl (C=O) groups is 4. The van der Waals surface area contributed by atoms with Crippen molar-refractivity contribution in [1.29, 1.82) is 0 Å². The molecule has 0 unspecified atom stereocenters. The molecule has 6 nitrogen and oxygen atoms in total. The molecule has 6 fully saturated rings. The molecule has 3 saturated heterocycles. The van der Waals surface area contributed by atoms with E-state index >= 15 is 0 Å². The number of ketones is 2. The van der Waals surface area contributed by atoms with Gasteiger partial charge in [0.1, 0.15) is 11.3 Å². The first kappa shape index (κ1) is 67.1. The number of esters is 2. The minimum absolute atomic E-state index is 0. The van der Waals surface area contributed by atoms with Crippen molar-refractivity contribution in [2.75, 3.05) is 14.2 Å². The molecule has 0 aromatic carbocycles. The van der Waals surface area contributed by atoms with E-state index < -0.39 is 11.9 Å². The van der Waals surface area contributed by atoms with Gasteiger partial charge in [0.25, 0.3) is 0 Å².